The lowest BCUT2D eigenvalue weighted by Crippen LogP contribution is -2.12. The fourth-order valence-corrected chi connectivity index (χ4v) is 2.29. The van der Waals surface area contributed by atoms with Crippen LogP contribution in [-0.2, 0) is 6.54 Å². The number of pyridine rings is 1. The molecule has 3 aromatic rings. The molecule has 2 aromatic carbocycles. The molecule has 0 saturated carbocycles. The molecule has 0 aliphatic rings. The summed E-state index contributed by atoms with van der Waals surface area (Å²) in [6, 6.07) is 18.1. The summed E-state index contributed by atoms with van der Waals surface area (Å²) in [5.74, 6) is 1.66. The number of ether oxygens (including phenoxy) is 1. The Morgan fingerprint density at radius 1 is 0.952 bits per heavy atom. The molecule has 0 saturated heterocycles. The Balaban J connectivity index is 1.95. The van der Waals surface area contributed by atoms with Gasteiger partial charge >= 0.3 is 0 Å². The second-order valence-corrected chi connectivity index (χ2v) is 4.82. The highest BCUT2D eigenvalue weighted by molar-refractivity contribution is 5.84. The molecule has 0 amide bonds. The van der Waals surface area contributed by atoms with Gasteiger partial charge in [0.1, 0.15) is 11.3 Å². The van der Waals surface area contributed by atoms with Gasteiger partial charge in [-0.2, -0.15) is 0 Å². The molecule has 0 atom stereocenters. The van der Waals surface area contributed by atoms with Crippen LogP contribution in [0, 0.1) is 0 Å². The number of benzene rings is 2. The fourth-order valence-electron chi connectivity index (χ4n) is 2.29. The van der Waals surface area contributed by atoms with Crippen LogP contribution in [0.25, 0.3) is 10.9 Å². The topological polar surface area (TPSA) is 34.1 Å². The number of nitrogens with one attached hydrogen (secondary N) is 1. The zero-order chi connectivity index (χ0) is 14.5. The van der Waals surface area contributed by atoms with E-state index in [2.05, 4.69) is 23.3 Å². The van der Waals surface area contributed by atoms with Crippen molar-refractivity contribution in [2.24, 2.45) is 0 Å². The molecule has 0 fully saturated rings. The van der Waals surface area contributed by atoms with Gasteiger partial charge in [-0.15, -0.1) is 0 Å². The molecule has 3 heteroatoms. The molecule has 1 heterocycles. The largest absolute Gasteiger partial charge is 0.455 e. The Hall–Kier alpha value is -2.39. The minimum atomic E-state index is 0.789. The Kier molecular flexibility index (Phi) is 4.12. The molecule has 0 bridgehead atoms. The van der Waals surface area contributed by atoms with E-state index in [1.165, 1.54) is 0 Å². The molecule has 0 unspecified atom stereocenters. The first kappa shape index (κ1) is 13.6. The maximum atomic E-state index is 6.12. The Labute approximate surface area is 124 Å². The first-order valence-corrected chi connectivity index (χ1v) is 7.18. The SMILES string of the molecule is CCNCc1ccccc1Oc1cccc2cccnc12. The van der Waals surface area contributed by atoms with Crippen LogP contribution >= 0.6 is 0 Å². The van der Waals surface area contributed by atoms with E-state index in [9.17, 15) is 0 Å². The van der Waals surface area contributed by atoms with Crippen LogP contribution in [-0.4, -0.2) is 11.5 Å². The molecule has 1 aromatic heterocycles. The summed E-state index contributed by atoms with van der Waals surface area (Å²) in [7, 11) is 0. The van der Waals surface area contributed by atoms with Crippen molar-refractivity contribution in [3.63, 3.8) is 0 Å². The van der Waals surface area contributed by atoms with Crippen molar-refractivity contribution in [2.45, 2.75) is 13.5 Å². The van der Waals surface area contributed by atoms with Crippen molar-refractivity contribution in [3.05, 3.63) is 66.4 Å². The molecule has 0 aliphatic heterocycles. The van der Waals surface area contributed by atoms with Gasteiger partial charge in [0.05, 0.1) is 0 Å². The number of hydrogen-bond acceptors (Lipinski definition) is 3. The molecule has 0 spiro atoms. The maximum absolute atomic E-state index is 6.12. The predicted molar refractivity (Wildman–Crippen MR) is 85.6 cm³/mol. The van der Waals surface area contributed by atoms with Crippen LogP contribution < -0.4 is 10.1 Å². The Bertz CT molecular complexity index is 735. The van der Waals surface area contributed by atoms with Crippen LogP contribution in [0.4, 0.5) is 0 Å². The maximum Gasteiger partial charge on any atom is 0.153 e. The minimum absolute atomic E-state index is 0.789. The first-order valence-electron chi connectivity index (χ1n) is 7.18. The third kappa shape index (κ3) is 3.03. The summed E-state index contributed by atoms with van der Waals surface area (Å²) in [6.07, 6.45) is 1.79. The molecule has 0 radical (unpaired) electrons. The summed E-state index contributed by atoms with van der Waals surface area (Å²) in [4.78, 5) is 4.43. The van der Waals surface area contributed by atoms with Crippen LogP contribution in [0.5, 0.6) is 11.5 Å². The van der Waals surface area contributed by atoms with Gasteiger partial charge in [0.25, 0.3) is 0 Å². The van der Waals surface area contributed by atoms with E-state index >= 15 is 0 Å². The molecule has 106 valence electrons. The molecule has 21 heavy (non-hydrogen) atoms. The predicted octanol–water partition coefficient (Wildman–Crippen LogP) is 4.14. The molecule has 0 aliphatic carbocycles. The smallest absolute Gasteiger partial charge is 0.153 e. The van der Waals surface area contributed by atoms with Gasteiger partial charge in [-0.25, -0.2) is 0 Å². The number of nitrogens with zero attached hydrogens (tertiary/aromatic N) is 1. The molecular weight excluding hydrogens is 260 g/mol. The lowest BCUT2D eigenvalue weighted by Gasteiger charge is -2.12. The average molecular weight is 278 g/mol. The average Bonchev–Trinajstić information content (AvgIpc) is 2.54. The monoisotopic (exact) mass is 278 g/mol. The van der Waals surface area contributed by atoms with E-state index in [4.69, 9.17) is 4.74 Å². The summed E-state index contributed by atoms with van der Waals surface area (Å²) < 4.78 is 6.12. The van der Waals surface area contributed by atoms with Gasteiger partial charge in [0.15, 0.2) is 5.75 Å². The van der Waals surface area contributed by atoms with Crippen molar-refractivity contribution < 1.29 is 4.74 Å². The summed E-state index contributed by atoms with van der Waals surface area (Å²) in [5, 5.41) is 4.41. The molecule has 3 rings (SSSR count). The number of fused-ring (bicyclic) bond motifs is 1. The van der Waals surface area contributed by atoms with Crippen molar-refractivity contribution in [1.82, 2.24) is 10.3 Å². The quantitative estimate of drug-likeness (QED) is 0.761. The van der Waals surface area contributed by atoms with Gasteiger partial charge in [-0.1, -0.05) is 43.3 Å². The van der Waals surface area contributed by atoms with Crippen molar-refractivity contribution in [1.29, 1.82) is 0 Å². The van der Waals surface area contributed by atoms with Crippen LogP contribution in [0.2, 0.25) is 0 Å². The van der Waals surface area contributed by atoms with Crippen LogP contribution in [0.3, 0.4) is 0 Å². The first-order chi connectivity index (χ1) is 10.4. The second-order valence-electron chi connectivity index (χ2n) is 4.82. The van der Waals surface area contributed by atoms with E-state index in [0.29, 0.717) is 0 Å². The third-order valence-corrected chi connectivity index (χ3v) is 3.35. The van der Waals surface area contributed by atoms with Gasteiger partial charge in [-0.05, 0) is 24.7 Å². The Morgan fingerprint density at radius 2 is 1.76 bits per heavy atom. The van der Waals surface area contributed by atoms with Crippen molar-refractivity contribution in [3.8, 4) is 11.5 Å². The van der Waals surface area contributed by atoms with Gasteiger partial charge < -0.3 is 10.1 Å². The summed E-state index contributed by atoms with van der Waals surface area (Å²) in [5.41, 5.74) is 2.03. The standard InChI is InChI=1S/C18H18N2O/c1-2-19-13-15-7-3-4-10-16(15)21-17-11-5-8-14-9-6-12-20-18(14)17/h3-12,19H,2,13H2,1H3. The fraction of sp³-hybridized carbons (Fsp3) is 0.167. The van der Waals surface area contributed by atoms with Gasteiger partial charge in [0.2, 0.25) is 0 Å². The normalized spacial score (nSPS) is 10.7. The summed E-state index contributed by atoms with van der Waals surface area (Å²) in [6.45, 7) is 3.83. The van der Waals surface area contributed by atoms with E-state index in [0.717, 1.165) is 41.1 Å². The highest BCUT2D eigenvalue weighted by Crippen LogP contribution is 2.30. The lowest BCUT2D eigenvalue weighted by molar-refractivity contribution is 0.477. The van der Waals surface area contributed by atoms with Gasteiger partial charge in [-0.3, -0.25) is 4.98 Å². The van der Waals surface area contributed by atoms with E-state index in [-0.39, 0.29) is 0 Å². The Morgan fingerprint density at radius 3 is 2.67 bits per heavy atom. The summed E-state index contributed by atoms with van der Waals surface area (Å²) >= 11 is 0. The van der Waals surface area contributed by atoms with E-state index in [1.54, 1.807) is 6.20 Å². The van der Waals surface area contributed by atoms with E-state index in [1.807, 2.05) is 48.5 Å². The molecule has 3 nitrogen and oxygen atoms in total. The number of rotatable bonds is 5. The lowest BCUT2D eigenvalue weighted by atomic mass is 10.2. The van der Waals surface area contributed by atoms with Crippen molar-refractivity contribution in [2.75, 3.05) is 6.54 Å². The van der Waals surface area contributed by atoms with Crippen molar-refractivity contribution >= 4 is 10.9 Å². The number of para-hydroxylation sites is 2. The number of aromatic nitrogens is 1. The highest BCUT2D eigenvalue weighted by Gasteiger charge is 2.07. The highest BCUT2D eigenvalue weighted by atomic mass is 16.5. The van der Waals surface area contributed by atoms with Crippen LogP contribution in [0.1, 0.15) is 12.5 Å². The molecule has 1 N–H and O–H groups in total. The zero-order valence-electron chi connectivity index (χ0n) is 12.0. The number of hydrogen-bond donors (Lipinski definition) is 1. The van der Waals surface area contributed by atoms with E-state index < -0.39 is 0 Å². The third-order valence-electron chi connectivity index (χ3n) is 3.35. The second kappa shape index (κ2) is 6.37. The molecular formula is C18H18N2O. The zero-order valence-corrected chi connectivity index (χ0v) is 12.0. The minimum Gasteiger partial charge on any atom is -0.455 e. The van der Waals surface area contributed by atoms with Gasteiger partial charge in [0, 0.05) is 23.7 Å². The van der Waals surface area contributed by atoms with Crippen LogP contribution in [0.15, 0.2) is 60.8 Å².